The van der Waals surface area contributed by atoms with Crippen LogP contribution in [-0.4, -0.2) is 21.0 Å². The fourth-order valence-corrected chi connectivity index (χ4v) is 2.53. The third kappa shape index (κ3) is 3.16. The molecule has 0 saturated carbocycles. The molecule has 2 aromatic rings. The van der Waals surface area contributed by atoms with Crippen LogP contribution in [0.3, 0.4) is 0 Å². The highest BCUT2D eigenvalue weighted by atomic mass is 16.3. The minimum atomic E-state index is -0.293. The van der Waals surface area contributed by atoms with Gasteiger partial charge in [-0.3, -0.25) is 4.68 Å². The topological polar surface area (TPSA) is 38.1 Å². The van der Waals surface area contributed by atoms with Crippen LogP contribution < -0.4 is 0 Å². The monoisotopic (exact) mass is 260 g/mol. The molecule has 3 heteroatoms. The Labute approximate surface area is 115 Å². The van der Waals surface area contributed by atoms with Gasteiger partial charge >= 0.3 is 0 Å². The Morgan fingerprint density at radius 2 is 2.00 bits per heavy atom. The van der Waals surface area contributed by atoms with E-state index < -0.39 is 0 Å². The Kier molecular flexibility index (Phi) is 4.59. The maximum atomic E-state index is 10.2. The molecule has 3 nitrogen and oxygen atoms in total. The molecule has 104 valence electrons. The van der Waals surface area contributed by atoms with Crippen molar-refractivity contribution >= 4 is 10.9 Å². The zero-order valence-electron chi connectivity index (χ0n) is 12.1. The van der Waals surface area contributed by atoms with E-state index in [-0.39, 0.29) is 6.10 Å². The summed E-state index contributed by atoms with van der Waals surface area (Å²) in [6, 6.07) is 8.26. The second-order valence-corrected chi connectivity index (χ2v) is 5.39. The highest BCUT2D eigenvalue weighted by Gasteiger charge is 2.15. The fourth-order valence-electron chi connectivity index (χ4n) is 2.53. The van der Waals surface area contributed by atoms with Crippen molar-refractivity contribution in [2.75, 3.05) is 0 Å². The molecule has 1 aromatic carbocycles. The smallest absolute Gasteiger partial charge is 0.0729 e. The molecule has 0 saturated heterocycles. The molecule has 2 unspecified atom stereocenters. The lowest BCUT2D eigenvalue weighted by Crippen LogP contribution is -2.15. The van der Waals surface area contributed by atoms with E-state index in [9.17, 15) is 5.11 Å². The molecule has 0 spiro atoms. The number of nitrogens with zero attached hydrogens (tertiary/aromatic N) is 2. The van der Waals surface area contributed by atoms with Gasteiger partial charge in [0.15, 0.2) is 0 Å². The van der Waals surface area contributed by atoms with Gasteiger partial charge in [-0.15, -0.1) is 0 Å². The molecule has 0 radical (unpaired) electrons. The summed E-state index contributed by atoms with van der Waals surface area (Å²) in [6.45, 7) is 7.31. The fraction of sp³-hybridized carbons (Fsp3) is 0.562. The van der Waals surface area contributed by atoms with Crippen LogP contribution in [0.2, 0.25) is 0 Å². The largest absolute Gasteiger partial charge is 0.393 e. The lowest BCUT2D eigenvalue weighted by atomic mass is 9.98. The number of hydrogen-bond donors (Lipinski definition) is 1. The number of para-hydroxylation sites is 1. The molecule has 2 rings (SSSR count). The molecule has 0 aliphatic carbocycles. The van der Waals surface area contributed by atoms with Crippen molar-refractivity contribution in [3.63, 3.8) is 0 Å². The first kappa shape index (κ1) is 14.1. The van der Waals surface area contributed by atoms with Gasteiger partial charge in [0.1, 0.15) is 0 Å². The van der Waals surface area contributed by atoms with Crippen molar-refractivity contribution in [2.24, 2.45) is 5.92 Å². The number of aryl methyl sites for hydroxylation is 1. The summed E-state index contributed by atoms with van der Waals surface area (Å²) in [6.07, 6.45) is 2.32. The molecule has 1 heterocycles. The summed E-state index contributed by atoms with van der Waals surface area (Å²) < 4.78 is 2.01. The molecule has 19 heavy (non-hydrogen) atoms. The average molecular weight is 260 g/mol. The zero-order chi connectivity index (χ0) is 13.8. The van der Waals surface area contributed by atoms with Gasteiger partial charge in [-0.2, -0.15) is 5.10 Å². The quantitative estimate of drug-likeness (QED) is 0.864. The Balaban J connectivity index is 2.21. The number of aliphatic hydroxyl groups excluding tert-OH is 1. The molecule has 0 aliphatic rings. The van der Waals surface area contributed by atoms with Crippen LogP contribution in [0, 0.1) is 5.92 Å². The molecular formula is C16H24N2O. The van der Waals surface area contributed by atoms with Crippen molar-refractivity contribution in [2.45, 2.75) is 52.7 Å². The van der Waals surface area contributed by atoms with Gasteiger partial charge in [0.2, 0.25) is 0 Å². The minimum absolute atomic E-state index is 0.293. The molecular weight excluding hydrogens is 236 g/mol. The Hall–Kier alpha value is -1.35. The van der Waals surface area contributed by atoms with Gasteiger partial charge in [-0.1, -0.05) is 38.5 Å². The third-order valence-corrected chi connectivity index (χ3v) is 3.83. The molecule has 0 bridgehead atoms. The number of benzene rings is 1. The second kappa shape index (κ2) is 6.20. The van der Waals surface area contributed by atoms with Gasteiger partial charge in [0.05, 0.1) is 17.3 Å². The standard InChI is InChI=1S/C16H24N2O/c1-4-12(3)10-13(19)11-15-14-8-6-7-9-16(14)18(5-2)17-15/h6-9,12-13,19H,4-5,10-11H2,1-3H3. The van der Waals surface area contributed by atoms with Crippen LogP contribution in [0.15, 0.2) is 24.3 Å². The van der Waals surface area contributed by atoms with Gasteiger partial charge in [-0.05, 0) is 25.3 Å². The van der Waals surface area contributed by atoms with Gasteiger partial charge < -0.3 is 5.11 Å². The highest BCUT2D eigenvalue weighted by Crippen LogP contribution is 2.21. The second-order valence-electron chi connectivity index (χ2n) is 5.39. The van der Waals surface area contributed by atoms with E-state index in [4.69, 9.17) is 0 Å². The molecule has 0 amide bonds. The van der Waals surface area contributed by atoms with E-state index in [1.54, 1.807) is 0 Å². The zero-order valence-corrected chi connectivity index (χ0v) is 12.1. The van der Waals surface area contributed by atoms with Crippen LogP contribution >= 0.6 is 0 Å². The van der Waals surface area contributed by atoms with E-state index in [0.717, 1.165) is 30.6 Å². The van der Waals surface area contributed by atoms with Crippen molar-refractivity contribution in [1.29, 1.82) is 0 Å². The van der Waals surface area contributed by atoms with Gasteiger partial charge in [-0.25, -0.2) is 0 Å². The maximum Gasteiger partial charge on any atom is 0.0729 e. The number of rotatable bonds is 6. The van der Waals surface area contributed by atoms with Gasteiger partial charge in [0, 0.05) is 18.4 Å². The number of fused-ring (bicyclic) bond motifs is 1. The predicted molar refractivity (Wildman–Crippen MR) is 79.2 cm³/mol. The van der Waals surface area contributed by atoms with E-state index in [0.29, 0.717) is 12.3 Å². The summed E-state index contributed by atoms with van der Waals surface area (Å²) >= 11 is 0. The lowest BCUT2D eigenvalue weighted by Gasteiger charge is -2.13. The van der Waals surface area contributed by atoms with Crippen LogP contribution in [0.25, 0.3) is 10.9 Å². The van der Waals surface area contributed by atoms with Gasteiger partial charge in [0.25, 0.3) is 0 Å². The van der Waals surface area contributed by atoms with Crippen molar-refractivity contribution in [3.8, 4) is 0 Å². The molecule has 0 aliphatic heterocycles. The third-order valence-electron chi connectivity index (χ3n) is 3.83. The summed E-state index contributed by atoms with van der Waals surface area (Å²) in [5.41, 5.74) is 2.18. The van der Waals surface area contributed by atoms with Crippen LogP contribution in [0.5, 0.6) is 0 Å². The van der Waals surface area contributed by atoms with Crippen LogP contribution in [0.1, 0.15) is 39.3 Å². The Bertz CT molecular complexity index is 533. The van der Waals surface area contributed by atoms with Crippen LogP contribution in [0.4, 0.5) is 0 Å². The first-order chi connectivity index (χ1) is 9.15. The van der Waals surface area contributed by atoms with E-state index in [2.05, 4.69) is 38.0 Å². The maximum absolute atomic E-state index is 10.2. The Morgan fingerprint density at radius 3 is 2.68 bits per heavy atom. The molecule has 2 atom stereocenters. The summed E-state index contributed by atoms with van der Waals surface area (Å²) in [5.74, 6) is 0.564. The van der Waals surface area contributed by atoms with E-state index in [1.165, 1.54) is 5.39 Å². The number of hydrogen-bond acceptors (Lipinski definition) is 2. The normalized spacial score (nSPS) is 14.7. The van der Waals surface area contributed by atoms with E-state index in [1.807, 2.05) is 16.8 Å². The van der Waals surface area contributed by atoms with Crippen molar-refractivity contribution in [1.82, 2.24) is 9.78 Å². The SMILES string of the molecule is CCC(C)CC(O)Cc1nn(CC)c2ccccc12. The summed E-state index contributed by atoms with van der Waals surface area (Å²) in [5, 5.41) is 16.0. The molecule has 1 aromatic heterocycles. The molecule has 1 N–H and O–H groups in total. The number of aromatic nitrogens is 2. The molecule has 0 fully saturated rings. The highest BCUT2D eigenvalue weighted by molar-refractivity contribution is 5.81. The Morgan fingerprint density at radius 1 is 1.26 bits per heavy atom. The first-order valence-corrected chi connectivity index (χ1v) is 7.28. The van der Waals surface area contributed by atoms with Crippen molar-refractivity contribution in [3.05, 3.63) is 30.0 Å². The number of aliphatic hydroxyl groups is 1. The summed E-state index contributed by atoms with van der Waals surface area (Å²) in [7, 11) is 0. The van der Waals surface area contributed by atoms with Crippen molar-refractivity contribution < 1.29 is 5.11 Å². The van der Waals surface area contributed by atoms with Crippen LogP contribution in [-0.2, 0) is 13.0 Å². The first-order valence-electron chi connectivity index (χ1n) is 7.28. The average Bonchev–Trinajstić information content (AvgIpc) is 2.77. The van der Waals surface area contributed by atoms with E-state index >= 15 is 0 Å². The summed E-state index contributed by atoms with van der Waals surface area (Å²) in [4.78, 5) is 0. The minimum Gasteiger partial charge on any atom is -0.393 e. The predicted octanol–water partition coefficient (Wildman–Crippen LogP) is 3.40. The lowest BCUT2D eigenvalue weighted by molar-refractivity contribution is 0.144.